The van der Waals surface area contributed by atoms with E-state index in [2.05, 4.69) is 10.6 Å². The van der Waals surface area contributed by atoms with Crippen LogP contribution in [0.2, 0.25) is 0 Å². The summed E-state index contributed by atoms with van der Waals surface area (Å²) in [5.41, 5.74) is 1.47. The van der Waals surface area contributed by atoms with Crippen molar-refractivity contribution in [1.29, 1.82) is 0 Å². The Morgan fingerprint density at radius 2 is 1.68 bits per heavy atom. The summed E-state index contributed by atoms with van der Waals surface area (Å²) in [6.07, 6.45) is 1.16. The zero-order valence-corrected chi connectivity index (χ0v) is 15.3. The molecule has 2 rings (SSSR count). The van der Waals surface area contributed by atoms with Crippen molar-refractivity contribution in [2.45, 2.75) is 24.8 Å². The van der Waals surface area contributed by atoms with Gasteiger partial charge >= 0.3 is 6.03 Å². The van der Waals surface area contributed by atoms with Gasteiger partial charge in [0.2, 0.25) is 0 Å². The Morgan fingerprint density at radius 1 is 1.08 bits per heavy atom. The van der Waals surface area contributed by atoms with E-state index in [1.165, 1.54) is 12.1 Å². The minimum absolute atomic E-state index is 0.252. The number of sulfone groups is 1. The van der Waals surface area contributed by atoms with Gasteiger partial charge in [0.25, 0.3) is 0 Å². The lowest BCUT2D eigenvalue weighted by atomic mass is 10.1. The molecule has 2 aromatic rings. The van der Waals surface area contributed by atoms with E-state index in [1.54, 1.807) is 36.4 Å². The van der Waals surface area contributed by atoms with E-state index in [9.17, 15) is 13.2 Å². The molecule has 0 aromatic heterocycles. The molecule has 0 saturated carbocycles. The van der Waals surface area contributed by atoms with Gasteiger partial charge in [0.05, 0.1) is 17.5 Å². The molecule has 0 spiro atoms. The molecule has 2 amide bonds. The van der Waals surface area contributed by atoms with Gasteiger partial charge in [0.1, 0.15) is 5.75 Å². The van der Waals surface area contributed by atoms with E-state index >= 15 is 0 Å². The first-order valence-electron chi connectivity index (χ1n) is 7.90. The second kappa shape index (κ2) is 8.02. The number of ether oxygens (including phenoxy) is 1. The maximum absolute atomic E-state index is 12.1. The highest BCUT2D eigenvalue weighted by atomic mass is 32.2. The van der Waals surface area contributed by atoms with Crippen molar-refractivity contribution in [3.05, 3.63) is 54.1 Å². The molecule has 0 aliphatic heterocycles. The lowest BCUT2D eigenvalue weighted by Gasteiger charge is -2.15. The molecule has 0 aliphatic carbocycles. The molecule has 1 atom stereocenters. The highest BCUT2D eigenvalue weighted by Crippen LogP contribution is 2.18. The molecule has 25 heavy (non-hydrogen) atoms. The fourth-order valence-corrected chi connectivity index (χ4v) is 2.88. The van der Waals surface area contributed by atoms with Crippen molar-refractivity contribution in [3.8, 4) is 5.75 Å². The van der Waals surface area contributed by atoms with Crippen LogP contribution in [0.5, 0.6) is 5.75 Å². The summed E-state index contributed by atoms with van der Waals surface area (Å²) >= 11 is 0. The molecular weight excluding hydrogens is 340 g/mol. The third-order valence-electron chi connectivity index (χ3n) is 3.58. The fraction of sp³-hybridized carbons (Fsp3) is 0.278. The summed E-state index contributed by atoms with van der Waals surface area (Å²) in [6, 6.07) is 12.9. The highest BCUT2D eigenvalue weighted by molar-refractivity contribution is 7.90. The van der Waals surface area contributed by atoms with Gasteiger partial charge in [0, 0.05) is 11.9 Å². The van der Waals surface area contributed by atoms with E-state index in [-0.39, 0.29) is 17.0 Å². The summed E-state index contributed by atoms with van der Waals surface area (Å²) in [5.74, 6) is 0.743. The van der Waals surface area contributed by atoms with Crippen LogP contribution in [0, 0.1) is 0 Å². The molecule has 0 heterocycles. The van der Waals surface area contributed by atoms with Crippen LogP contribution in [-0.4, -0.2) is 27.3 Å². The Kier molecular flexibility index (Phi) is 6.03. The normalized spacial score (nSPS) is 12.3. The molecule has 6 nitrogen and oxygen atoms in total. The van der Waals surface area contributed by atoms with Crippen LogP contribution in [0.25, 0.3) is 0 Å². The summed E-state index contributed by atoms with van der Waals surface area (Å²) in [4.78, 5) is 12.3. The van der Waals surface area contributed by atoms with Crippen LogP contribution in [0.3, 0.4) is 0 Å². The van der Waals surface area contributed by atoms with Crippen molar-refractivity contribution in [2.75, 3.05) is 18.2 Å². The number of carbonyl (C=O) groups excluding carboxylic acids is 1. The van der Waals surface area contributed by atoms with Gasteiger partial charge < -0.3 is 15.4 Å². The molecule has 7 heteroatoms. The van der Waals surface area contributed by atoms with Crippen LogP contribution in [-0.2, 0) is 9.84 Å². The Labute approximate surface area is 148 Å². The largest absolute Gasteiger partial charge is 0.494 e. The van der Waals surface area contributed by atoms with Crippen molar-refractivity contribution in [1.82, 2.24) is 5.32 Å². The van der Waals surface area contributed by atoms with Crippen LogP contribution < -0.4 is 15.4 Å². The second-order valence-electron chi connectivity index (χ2n) is 5.62. The van der Waals surface area contributed by atoms with Crippen molar-refractivity contribution < 1.29 is 17.9 Å². The third kappa shape index (κ3) is 5.49. The highest BCUT2D eigenvalue weighted by Gasteiger charge is 2.12. The number of hydrogen-bond donors (Lipinski definition) is 2. The Morgan fingerprint density at radius 3 is 2.20 bits per heavy atom. The number of nitrogens with one attached hydrogen (secondary N) is 2. The standard InChI is InChI=1S/C18H22N2O4S/c1-4-24-16-9-7-15(8-10-16)20-18(21)19-13(2)14-5-11-17(12-6-14)25(3,22)23/h5-13H,4H2,1-3H3,(H2,19,20,21). The summed E-state index contributed by atoms with van der Waals surface area (Å²) in [6.45, 7) is 4.32. The first-order valence-corrected chi connectivity index (χ1v) is 9.79. The smallest absolute Gasteiger partial charge is 0.319 e. The predicted octanol–water partition coefficient (Wildman–Crippen LogP) is 3.37. The van der Waals surface area contributed by atoms with Gasteiger partial charge in [-0.15, -0.1) is 0 Å². The first-order chi connectivity index (χ1) is 11.8. The first kappa shape index (κ1) is 18.8. The molecular formula is C18H22N2O4S. The van der Waals surface area contributed by atoms with Crippen LogP contribution in [0.4, 0.5) is 10.5 Å². The van der Waals surface area contributed by atoms with Gasteiger partial charge in [-0.25, -0.2) is 13.2 Å². The summed E-state index contributed by atoms with van der Waals surface area (Å²) < 4.78 is 28.3. The number of hydrogen-bond acceptors (Lipinski definition) is 4. The van der Waals surface area contributed by atoms with Crippen molar-refractivity contribution in [3.63, 3.8) is 0 Å². The minimum atomic E-state index is -3.23. The average Bonchev–Trinajstić information content (AvgIpc) is 2.56. The molecule has 0 fully saturated rings. The maximum Gasteiger partial charge on any atom is 0.319 e. The SMILES string of the molecule is CCOc1ccc(NC(=O)NC(C)c2ccc(S(C)(=O)=O)cc2)cc1. The van der Waals surface area contributed by atoms with Crippen molar-refractivity contribution in [2.24, 2.45) is 0 Å². The molecule has 0 radical (unpaired) electrons. The Bertz CT molecular complexity index is 815. The number of benzene rings is 2. The molecule has 1 unspecified atom stereocenters. The van der Waals surface area contributed by atoms with Gasteiger partial charge in [-0.2, -0.15) is 0 Å². The number of anilines is 1. The molecule has 0 aliphatic rings. The topological polar surface area (TPSA) is 84.5 Å². The Hall–Kier alpha value is -2.54. The number of rotatable bonds is 6. The van der Waals surface area contributed by atoms with E-state index in [0.717, 1.165) is 17.6 Å². The van der Waals surface area contributed by atoms with Crippen LogP contribution in [0.15, 0.2) is 53.4 Å². The fourth-order valence-electron chi connectivity index (χ4n) is 2.25. The summed E-state index contributed by atoms with van der Waals surface area (Å²) in [5, 5.41) is 5.56. The zero-order chi connectivity index (χ0) is 18.4. The minimum Gasteiger partial charge on any atom is -0.494 e. The van der Waals surface area contributed by atoms with Gasteiger partial charge in [-0.1, -0.05) is 12.1 Å². The van der Waals surface area contributed by atoms with Gasteiger partial charge in [-0.3, -0.25) is 0 Å². The summed E-state index contributed by atoms with van der Waals surface area (Å²) in [7, 11) is -3.23. The quantitative estimate of drug-likeness (QED) is 0.825. The lowest BCUT2D eigenvalue weighted by molar-refractivity contribution is 0.249. The van der Waals surface area contributed by atoms with Crippen LogP contribution in [0.1, 0.15) is 25.5 Å². The van der Waals surface area contributed by atoms with Gasteiger partial charge in [-0.05, 0) is 55.8 Å². The van der Waals surface area contributed by atoms with Gasteiger partial charge in [0.15, 0.2) is 9.84 Å². The maximum atomic E-state index is 12.1. The number of amides is 2. The van der Waals surface area contributed by atoms with E-state index in [0.29, 0.717) is 12.3 Å². The van der Waals surface area contributed by atoms with Crippen molar-refractivity contribution >= 4 is 21.6 Å². The predicted molar refractivity (Wildman–Crippen MR) is 97.7 cm³/mol. The zero-order valence-electron chi connectivity index (χ0n) is 14.4. The molecule has 134 valence electrons. The van der Waals surface area contributed by atoms with E-state index < -0.39 is 9.84 Å². The molecule has 2 N–H and O–H groups in total. The monoisotopic (exact) mass is 362 g/mol. The van der Waals surface area contributed by atoms with E-state index in [4.69, 9.17) is 4.74 Å². The molecule has 2 aromatic carbocycles. The number of carbonyl (C=O) groups is 1. The molecule has 0 saturated heterocycles. The van der Waals surface area contributed by atoms with Crippen LogP contribution >= 0.6 is 0 Å². The Balaban J connectivity index is 1.95. The molecule has 0 bridgehead atoms. The lowest BCUT2D eigenvalue weighted by Crippen LogP contribution is -2.31. The third-order valence-corrected chi connectivity index (χ3v) is 4.71. The second-order valence-corrected chi connectivity index (χ2v) is 7.63. The van der Waals surface area contributed by atoms with E-state index in [1.807, 2.05) is 13.8 Å². The average molecular weight is 362 g/mol. The number of urea groups is 1.